The molecule has 6 nitrogen and oxygen atoms in total. The zero-order valence-corrected chi connectivity index (χ0v) is 19.3. The van der Waals surface area contributed by atoms with Gasteiger partial charge in [0.25, 0.3) is 0 Å². The predicted molar refractivity (Wildman–Crippen MR) is 132 cm³/mol. The highest BCUT2D eigenvalue weighted by Gasteiger charge is 2.27. The van der Waals surface area contributed by atoms with Gasteiger partial charge in [0, 0.05) is 36.9 Å². The number of nitrogens with zero attached hydrogens (tertiary/aromatic N) is 2. The Morgan fingerprint density at radius 2 is 1.72 bits per heavy atom. The van der Waals surface area contributed by atoms with Gasteiger partial charge in [0.2, 0.25) is 0 Å². The molecule has 1 aliphatic heterocycles. The van der Waals surface area contributed by atoms with Crippen LogP contribution in [-0.2, 0) is 6.61 Å². The normalized spacial score (nSPS) is 26.6. The number of hydrogen-bond acceptors (Lipinski definition) is 4. The Kier molecular flexibility index (Phi) is 7.66. The summed E-state index contributed by atoms with van der Waals surface area (Å²) in [5, 5.41) is 7.21. The largest absolute Gasteiger partial charge is 0.489 e. The van der Waals surface area contributed by atoms with Gasteiger partial charge in [-0.2, -0.15) is 0 Å². The molecular formula is C26H37N5O. The zero-order chi connectivity index (χ0) is 22.3. The maximum Gasteiger partial charge on any atom is 0.198 e. The average Bonchev–Trinajstić information content (AvgIpc) is 2.79. The molecule has 1 aliphatic carbocycles. The zero-order valence-electron chi connectivity index (χ0n) is 19.3. The van der Waals surface area contributed by atoms with E-state index in [0.717, 1.165) is 48.9 Å². The molecule has 1 heterocycles. The fourth-order valence-corrected chi connectivity index (χ4v) is 4.65. The molecule has 2 aromatic rings. The minimum atomic E-state index is 0.145. The summed E-state index contributed by atoms with van der Waals surface area (Å²) in [4.78, 5) is 7.52. The van der Waals surface area contributed by atoms with Gasteiger partial charge in [-0.25, -0.2) is 4.99 Å². The molecule has 1 saturated carbocycles. The van der Waals surface area contributed by atoms with Crippen molar-refractivity contribution in [2.45, 2.75) is 70.3 Å². The van der Waals surface area contributed by atoms with Gasteiger partial charge in [-0.15, -0.1) is 0 Å². The fourth-order valence-electron chi connectivity index (χ4n) is 4.65. The molecule has 1 saturated heterocycles. The van der Waals surface area contributed by atoms with Gasteiger partial charge in [0.15, 0.2) is 5.96 Å². The molecule has 0 bridgehead atoms. The molecule has 4 N–H and O–H groups in total. The number of nitrogens with two attached hydrogens (primary N) is 1. The molecule has 2 unspecified atom stereocenters. The molecule has 0 radical (unpaired) electrons. The lowest BCUT2D eigenvalue weighted by Gasteiger charge is -2.39. The first-order chi connectivity index (χ1) is 15.6. The SMILES string of the molecule is CC1CN(C(=N[C@H]2CCCC[C@@H]2N)Nc2ccc(OCc3ccccc3)cc2)CC(C)N1. The van der Waals surface area contributed by atoms with Gasteiger partial charge < -0.3 is 26.0 Å². The van der Waals surface area contributed by atoms with Crippen molar-refractivity contribution in [1.82, 2.24) is 10.2 Å². The Hall–Kier alpha value is -2.57. The molecule has 0 amide bonds. The monoisotopic (exact) mass is 435 g/mol. The van der Waals surface area contributed by atoms with E-state index < -0.39 is 0 Å². The van der Waals surface area contributed by atoms with Crippen LogP contribution in [0.5, 0.6) is 5.75 Å². The van der Waals surface area contributed by atoms with E-state index in [1.54, 1.807) is 0 Å². The number of aliphatic imine (C=N–C) groups is 1. The van der Waals surface area contributed by atoms with E-state index in [9.17, 15) is 0 Å². The maximum absolute atomic E-state index is 6.42. The predicted octanol–water partition coefficient (Wildman–Crippen LogP) is 3.99. The van der Waals surface area contributed by atoms with E-state index in [-0.39, 0.29) is 12.1 Å². The van der Waals surface area contributed by atoms with Crippen molar-refractivity contribution in [3.05, 3.63) is 60.2 Å². The molecule has 4 rings (SSSR count). The van der Waals surface area contributed by atoms with Crippen LogP contribution < -0.4 is 21.1 Å². The molecule has 172 valence electrons. The second kappa shape index (κ2) is 10.8. The smallest absolute Gasteiger partial charge is 0.198 e. The summed E-state index contributed by atoms with van der Waals surface area (Å²) in [5.74, 6) is 1.79. The lowest BCUT2D eigenvalue weighted by atomic mass is 9.91. The van der Waals surface area contributed by atoms with Crippen LogP contribution in [0.1, 0.15) is 45.1 Å². The highest BCUT2D eigenvalue weighted by Crippen LogP contribution is 2.22. The maximum atomic E-state index is 6.42. The topological polar surface area (TPSA) is 74.9 Å². The molecule has 6 heteroatoms. The molecule has 2 fully saturated rings. The van der Waals surface area contributed by atoms with E-state index in [2.05, 4.69) is 53.6 Å². The lowest BCUT2D eigenvalue weighted by molar-refractivity contribution is 0.252. The van der Waals surface area contributed by atoms with Crippen LogP contribution in [0.3, 0.4) is 0 Å². The molecule has 0 spiro atoms. The first-order valence-corrected chi connectivity index (χ1v) is 11.9. The Balaban J connectivity index is 1.46. The Bertz CT molecular complexity index is 860. The van der Waals surface area contributed by atoms with Gasteiger partial charge in [-0.05, 0) is 56.5 Å². The Labute approximate surface area is 192 Å². The average molecular weight is 436 g/mol. The van der Waals surface area contributed by atoms with Crippen molar-refractivity contribution >= 4 is 11.6 Å². The van der Waals surface area contributed by atoms with Crippen LogP contribution in [0, 0.1) is 0 Å². The van der Waals surface area contributed by atoms with Gasteiger partial charge in [-0.3, -0.25) is 0 Å². The first kappa shape index (κ1) is 22.6. The second-order valence-corrected chi connectivity index (χ2v) is 9.27. The van der Waals surface area contributed by atoms with E-state index in [4.69, 9.17) is 15.5 Å². The fraction of sp³-hybridized carbons (Fsp3) is 0.500. The van der Waals surface area contributed by atoms with Crippen LogP contribution in [0.25, 0.3) is 0 Å². The number of nitrogens with one attached hydrogen (secondary N) is 2. The van der Waals surface area contributed by atoms with Crippen molar-refractivity contribution in [2.24, 2.45) is 10.7 Å². The quantitative estimate of drug-likeness (QED) is 0.489. The first-order valence-electron chi connectivity index (χ1n) is 11.9. The van der Waals surface area contributed by atoms with Crippen molar-refractivity contribution < 1.29 is 4.74 Å². The van der Waals surface area contributed by atoms with Crippen molar-refractivity contribution in [3.8, 4) is 5.75 Å². The summed E-state index contributed by atoms with van der Waals surface area (Å²) < 4.78 is 5.94. The van der Waals surface area contributed by atoms with Gasteiger partial charge in [-0.1, -0.05) is 43.2 Å². The summed E-state index contributed by atoms with van der Waals surface area (Å²) >= 11 is 0. The lowest BCUT2D eigenvalue weighted by Crippen LogP contribution is -2.57. The van der Waals surface area contributed by atoms with Crippen molar-refractivity contribution in [2.75, 3.05) is 18.4 Å². The molecule has 4 atom stereocenters. The third-order valence-corrected chi connectivity index (χ3v) is 6.29. The number of guanidine groups is 1. The van der Waals surface area contributed by atoms with E-state index in [1.807, 2.05) is 30.3 Å². The minimum Gasteiger partial charge on any atom is -0.489 e. The Morgan fingerprint density at radius 1 is 1.03 bits per heavy atom. The van der Waals surface area contributed by atoms with E-state index in [0.29, 0.717) is 18.7 Å². The summed E-state index contributed by atoms with van der Waals surface area (Å²) in [7, 11) is 0. The highest BCUT2D eigenvalue weighted by atomic mass is 16.5. The molecule has 2 aliphatic rings. The Morgan fingerprint density at radius 3 is 2.41 bits per heavy atom. The van der Waals surface area contributed by atoms with E-state index in [1.165, 1.54) is 12.8 Å². The number of hydrogen-bond donors (Lipinski definition) is 3. The summed E-state index contributed by atoms with van der Waals surface area (Å²) in [6, 6.07) is 19.5. The van der Waals surface area contributed by atoms with Crippen LogP contribution >= 0.6 is 0 Å². The van der Waals surface area contributed by atoms with Crippen LogP contribution in [0.2, 0.25) is 0 Å². The third kappa shape index (κ3) is 6.24. The standard InChI is InChI=1S/C26H37N5O/c1-19-16-31(17-20(2)28-19)26(30-25-11-7-6-10-24(25)27)29-22-12-14-23(15-13-22)32-18-21-8-4-3-5-9-21/h3-5,8-9,12-15,19-20,24-25,28H,6-7,10-11,16-18,27H2,1-2H3,(H,29,30)/t19?,20?,24-,25-/m0/s1. The summed E-state index contributed by atoms with van der Waals surface area (Å²) in [6.45, 7) is 6.88. The number of piperazine rings is 1. The van der Waals surface area contributed by atoms with Gasteiger partial charge >= 0.3 is 0 Å². The summed E-state index contributed by atoms with van der Waals surface area (Å²) in [6.07, 6.45) is 4.54. The number of rotatable bonds is 5. The van der Waals surface area contributed by atoms with Crippen LogP contribution in [-0.4, -0.2) is 48.1 Å². The highest BCUT2D eigenvalue weighted by molar-refractivity contribution is 5.94. The van der Waals surface area contributed by atoms with Crippen LogP contribution in [0.15, 0.2) is 59.6 Å². The summed E-state index contributed by atoms with van der Waals surface area (Å²) in [5.41, 5.74) is 8.60. The number of ether oxygens (including phenoxy) is 1. The van der Waals surface area contributed by atoms with Crippen LogP contribution in [0.4, 0.5) is 5.69 Å². The molecule has 0 aromatic heterocycles. The van der Waals surface area contributed by atoms with Crippen molar-refractivity contribution in [1.29, 1.82) is 0 Å². The van der Waals surface area contributed by atoms with Crippen molar-refractivity contribution in [3.63, 3.8) is 0 Å². The molecular weight excluding hydrogens is 398 g/mol. The minimum absolute atomic E-state index is 0.145. The van der Waals surface area contributed by atoms with Gasteiger partial charge in [0.1, 0.15) is 12.4 Å². The number of anilines is 1. The molecule has 32 heavy (non-hydrogen) atoms. The second-order valence-electron chi connectivity index (χ2n) is 9.27. The number of benzene rings is 2. The molecule has 2 aromatic carbocycles. The third-order valence-electron chi connectivity index (χ3n) is 6.29. The van der Waals surface area contributed by atoms with E-state index >= 15 is 0 Å². The van der Waals surface area contributed by atoms with Gasteiger partial charge in [0.05, 0.1) is 6.04 Å².